The first kappa shape index (κ1) is 16.4. The van der Waals surface area contributed by atoms with E-state index in [2.05, 4.69) is 15.3 Å². The molecule has 24 heavy (non-hydrogen) atoms. The summed E-state index contributed by atoms with van der Waals surface area (Å²) in [5.74, 6) is 0. The van der Waals surface area contributed by atoms with Gasteiger partial charge in [0.05, 0.1) is 24.9 Å². The van der Waals surface area contributed by atoms with E-state index >= 15 is 0 Å². The standard InChI is InChI=1S/C16H21N5O3/c1-16(2,3)24-15(23)20-9-13(14(22)10-20)21-8-12(18-19-21)11-5-4-6-17-7-11/h4-8,13-14,22H,9-10H2,1-3H3. The van der Waals surface area contributed by atoms with Crippen molar-refractivity contribution in [1.29, 1.82) is 0 Å². The number of hydrogen-bond donors (Lipinski definition) is 1. The number of β-amino-alcohol motifs (C(OH)–C–C–N with tert-alkyl or cyclic N) is 1. The van der Waals surface area contributed by atoms with Crippen LogP contribution >= 0.6 is 0 Å². The highest BCUT2D eigenvalue weighted by molar-refractivity contribution is 5.68. The van der Waals surface area contributed by atoms with E-state index in [9.17, 15) is 9.90 Å². The smallest absolute Gasteiger partial charge is 0.410 e. The molecule has 128 valence electrons. The number of carbonyl (C=O) groups is 1. The number of likely N-dealkylation sites (tertiary alicyclic amines) is 1. The number of rotatable bonds is 2. The van der Waals surface area contributed by atoms with Gasteiger partial charge in [-0.25, -0.2) is 9.48 Å². The van der Waals surface area contributed by atoms with Gasteiger partial charge in [-0.3, -0.25) is 4.98 Å². The summed E-state index contributed by atoms with van der Waals surface area (Å²) in [4.78, 5) is 17.7. The van der Waals surface area contributed by atoms with E-state index in [0.717, 1.165) is 5.56 Å². The van der Waals surface area contributed by atoms with Crippen LogP contribution < -0.4 is 0 Å². The van der Waals surface area contributed by atoms with Crippen molar-refractivity contribution in [3.05, 3.63) is 30.7 Å². The minimum absolute atomic E-state index is 0.210. The zero-order chi connectivity index (χ0) is 17.3. The van der Waals surface area contributed by atoms with Gasteiger partial charge in [0, 0.05) is 24.5 Å². The van der Waals surface area contributed by atoms with Crippen LogP contribution in [0.15, 0.2) is 30.7 Å². The third kappa shape index (κ3) is 3.53. The maximum atomic E-state index is 12.1. The van der Waals surface area contributed by atoms with Gasteiger partial charge in [0.25, 0.3) is 0 Å². The lowest BCUT2D eigenvalue weighted by molar-refractivity contribution is 0.0270. The van der Waals surface area contributed by atoms with Gasteiger partial charge < -0.3 is 14.7 Å². The molecule has 1 aliphatic rings. The van der Waals surface area contributed by atoms with Crippen molar-refractivity contribution in [2.75, 3.05) is 13.1 Å². The lowest BCUT2D eigenvalue weighted by Crippen LogP contribution is -2.35. The Morgan fingerprint density at radius 2 is 2.17 bits per heavy atom. The van der Waals surface area contributed by atoms with Crippen molar-refractivity contribution in [1.82, 2.24) is 24.9 Å². The average Bonchev–Trinajstić information content (AvgIpc) is 3.13. The van der Waals surface area contributed by atoms with E-state index in [1.807, 2.05) is 32.9 Å². The predicted molar refractivity (Wildman–Crippen MR) is 86.1 cm³/mol. The molecule has 2 aromatic heterocycles. The van der Waals surface area contributed by atoms with E-state index in [-0.39, 0.29) is 12.6 Å². The Morgan fingerprint density at radius 1 is 1.38 bits per heavy atom. The first-order valence-electron chi connectivity index (χ1n) is 7.82. The fourth-order valence-electron chi connectivity index (χ4n) is 2.59. The van der Waals surface area contributed by atoms with Crippen LogP contribution in [0.3, 0.4) is 0 Å². The maximum Gasteiger partial charge on any atom is 0.410 e. The highest BCUT2D eigenvalue weighted by Gasteiger charge is 2.37. The summed E-state index contributed by atoms with van der Waals surface area (Å²) in [6.07, 6.45) is 3.99. The van der Waals surface area contributed by atoms with Gasteiger partial charge in [-0.1, -0.05) is 5.21 Å². The second-order valence-corrected chi connectivity index (χ2v) is 6.85. The van der Waals surface area contributed by atoms with Gasteiger partial charge in [-0.2, -0.15) is 0 Å². The number of aliphatic hydroxyl groups excluding tert-OH is 1. The Labute approximate surface area is 140 Å². The molecule has 1 amide bonds. The summed E-state index contributed by atoms with van der Waals surface area (Å²) < 4.78 is 6.95. The number of aliphatic hydroxyl groups is 1. The van der Waals surface area contributed by atoms with E-state index < -0.39 is 17.8 Å². The number of ether oxygens (including phenoxy) is 1. The summed E-state index contributed by atoms with van der Waals surface area (Å²) in [6.45, 7) is 5.97. The van der Waals surface area contributed by atoms with Gasteiger partial charge >= 0.3 is 6.09 Å². The number of pyridine rings is 1. The highest BCUT2D eigenvalue weighted by Crippen LogP contribution is 2.25. The Morgan fingerprint density at radius 3 is 2.83 bits per heavy atom. The number of amides is 1. The molecular weight excluding hydrogens is 310 g/mol. The first-order chi connectivity index (χ1) is 11.3. The average molecular weight is 331 g/mol. The SMILES string of the molecule is CC(C)(C)OC(=O)N1CC(O)C(n2cc(-c3cccnc3)nn2)C1. The van der Waals surface area contributed by atoms with Crippen LogP contribution in [0.1, 0.15) is 26.8 Å². The first-order valence-corrected chi connectivity index (χ1v) is 7.82. The van der Waals surface area contributed by atoms with Crippen LogP contribution in [0.25, 0.3) is 11.3 Å². The van der Waals surface area contributed by atoms with Crippen LogP contribution in [0.2, 0.25) is 0 Å². The van der Waals surface area contributed by atoms with Crippen molar-refractivity contribution in [2.24, 2.45) is 0 Å². The van der Waals surface area contributed by atoms with Crippen molar-refractivity contribution >= 4 is 6.09 Å². The number of nitrogens with zero attached hydrogens (tertiary/aromatic N) is 5. The Bertz CT molecular complexity index is 710. The van der Waals surface area contributed by atoms with Crippen molar-refractivity contribution in [2.45, 2.75) is 38.5 Å². The monoisotopic (exact) mass is 331 g/mol. The van der Waals surface area contributed by atoms with Crippen molar-refractivity contribution in [3.8, 4) is 11.3 Å². The molecule has 1 N–H and O–H groups in total. The molecule has 0 aromatic carbocycles. The molecule has 1 saturated heterocycles. The second-order valence-electron chi connectivity index (χ2n) is 6.85. The minimum atomic E-state index is -0.721. The van der Waals surface area contributed by atoms with E-state index in [0.29, 0.717) is 12.2 Å². The molecule has 0 spiro atoms. The molecule has 0 radical (unpaired) electrons. The predicted octanol–water partition coefficient (Wildman–Crippen LogP) is 1.49. The van der Waals surface area contributed by atoms with Crippen molar-refractivity contribution < 1.29 is 14.6 Å². The minimum Gasteiger partial charge on any atom is -0.444 e. The molecule has 3 rings (SSSR count). The normalized spacial score (nSPS) is 21.1. The van der Waals surface area contributed by atoms with Gasteiger partial charge in [-0.05, 0) is 32.9 Å². The molecule has 0 saturated carbocycles. The molecule has 8 nitrogen and oxygen atoms in total. The third-order valence-electron chi connectivity index (χ3n) is 3.72. The summed E-state index contributed by atoms with van der Waals surface area (Å²) in [5, 5.41) is 18.5. The lowest BCUT2D eigenvalue weighted by atomic mass is 10.2. The third-order valence-corrected chi connectivity index (χ3v) is 3.72. The Kier molecular flexibility index (Phi) is 4.23. The van der Waals surface area contributed by atoms with Crippen molar-refractivity contribution in [3.63, 3.8) is 0 Å². The molecular formula is C16H21N5O3. The van der Waals surface area contributed by atoms with Gasteiger partial charge in [0.2, 0.25) is 0 Å². The topological polar surface area (TPSA) is 93.4 Å². The quantitative estimate of drug-likeness (QED) is 0.896. The summed E-state index contributed by atoms with van der Waals surface area (Å²) in [5.41, 5.74) is 0.951. The molecule has 0 aliphatic carbocycles. The zero-order valence-corrected chi connectivity index (χ0v) is 14.0. The lowest BCUT2D eigenvalue weighted by Gasteiger charge is -2.24. The molecule has 8 heteroatoms. The molecule has 0 bridgehead atoms. The highest BCUT2D eigenvalue weighted by atomic mass is 16.6. The van der Waals surface area contributed by atoms with E-state index in [1.54, 1.807) is 23.3 Å². The fraction of sp³-hybridized carbons (Fsp3) is 0.500. The largest absolute Gasteiger partial charge is 0.444 e. The fourth-order valence-corrected chi connectivity index (χ4v) is 2.59. The van der Waals surface area contributed by atoms with E-state index in [4.69, 9.17) is 4.74 Å². The summed E-state index contributed by atoms with van der Waals surface area (Å²) in [7, 11) is 0. The maximum absolute atomic E-state index is 12.1. The Balaban J connectivity index is 1.72. The van der Waals surface area contributed by atoms with Crippen LogP contribution in [-0.4, -0.2) is 60.9 Å². The van der Waals surface area contributed by atoms with Crippen LogP contribution in [0.4, 0.5) is 4.79 Å². The molecule has 2 aromatic rings. The Hall–Kier alpha value is -2.48. The van der Waals surface area contributed by atoms with Crippen LogP contribution in [-0.2, 0) is 4.74 Å². The molecule has 2 unspecified atom stereocenters. The molecule has 1 fully saturated rings. The van der Waals surface area contributed by atoms with Crippen LogP contribution in [0, 0.1) is 0 Å². The van der Waals surface area contributed by atoms with Gasteiger partial charge in [0.1, 0.15) is 11.3 Å². The van der Waals surface area contributed by atoms with Gasteiger partial charge in [0.15, 0.2) is 0 Å². The summed E-state index contributed by atoms with van der Waals surface area (Å²) >= 11 is 0. The zero-order valence-electron chi connectivity index (χ0n) is 14.0. The molecule has 3 heterocycles. The van der Waals surface area contributed by atoms with Gasteiger partial charge in [-0.15, -0.1) is 5.10 Å². The second kappa shape index (κ2) is 6.20. The number of aromatic nitrogens is 4. The number of carbonyl (C=O) groups excluding carboxylic acids is 1. The summed E-state index contributed by atoms with van der Waals surface area (Å²) in [6, 6.07) is 3.36. The molecule has 2 atom stereocenters. The van der Waals surface area contributed by atoms with Crippen LogP contribution in [0.5, 0.6) is 0 Å². The van der Waals surface area contributed by atoms with E-state index in [1.165, 1.54) is 4.90 Å². The molecule has 1 aliphatic heterocycles. The number of hydrogen-bond acceptors (Lipinski definition) is 6.